The summed E-state index contributed by atoms with van der Waals surface area (Å²) < 4.78 is 11.1. The summed E-state index contributed by atoms with van der Waals surface area (Å²) in [5.74, 6) is 1.13. The average Bonchev–Trinajstić information content (AvgIpc) is 3.34. The molecule has 3 aromatic rings. The van der Waals surface area contributed by atoms with Crippen molar-refractivity contribution in [1.82, 2.24) is 9.80 Å². The van der Waals surface area contributed by atoms with Crippen LogP contribution in [0.25, 0.3) is 0 Å². The molecule has 0 fully saturated rings. The number of furan rings is 1. The van der Waals surface area contributed by atoms with Gasteiger partial charge >= 0.3 is 6.03 Å². The second-order valence-corrected chi connectivity index (χ2v) is 9.25. The number of rotatable bonds is 10. The molecule has 35 heavy (non-hydrogen) atoms. The molecule has 1 heterocycles. The van der Waals surface area contributed by atoms with E-state index in [9.17, 15) is 9.59 Å². The van der Waals surface area contributed by atoms with Gasteiger partial charge in [0, 0.05) is 12.1 Å². The number of amides is 3. The number of hydrogen-bond donors (Lipinski definition) is 1. The lowest BCUT2D eigenvalue weighted by molar-refractivity contribution is -0.133. The van der Waals surface area contributed by atoms with Crippen LogP contribution in [0.5, 0.6) is 5.75 Å². The number of benzene rings is 2. The summed E-state index contributed by atoms with van der Waals surface area (Å²) in [7, 11) is 0. The summed E-state index contributed by atoms with van der Waals surface area (Å²) >= 11 is 0. The van der Waals surface area contributed by atoms with E-state index in [1.807, 2.05) is 76.2 Å². The van der Waals surface area contributed by atoms with Crippen LogP contribution in [0.4, 0.5) is 10.5 Å². The molecule has 0 aliphatic carbocycles. The van der Waals surface area contributed by atoms with Gasteiger partial charge in [0.1, 0.15) is 18.1 Å². The van der Waals surface area contributed by atoms with Crippen LogP contribution >= 0.6 is 0 Å². The Bertz CT molecular complexity index is 1080. The Morgan fingerprint density at radius 3 is 2.34 bits per heavy atom. The van der Waals surface area contributed by atoms with Gasteiger partial charge in [-0.05, 0) is 63.9 Å². The summed E-state index contributed by atoms with van der Waals surface area (Å²) in [6, 6.07) is 20.6. The molecular formula is C28H35N3O4. The number of ether oxygens (including phenoxy) is 1. The molecule has 1 aromatic heterocycles. The number of carbonyl (C=O) groups is 2. The normalized spacial score (nSPS) is 11.1. The molecule has 1 N–H and O–H groups in total. The molecule has 7 heteroatoms. The Labute approximate surface area is 207 Å². The SMILES string of the molecule is CCOc1ccccc1NC(=O)N(CC(=O)N(CCc1ccccc1)Cc1ccco1)C(C)(C)C. The van der Waals surface area contributed by atoms with Gasteiger partial charge in [-0.1, -0.05) is 42.5 Å². The Balaban J connectivity index is 1.76. The van der Waals surface area contributed by atoms with Crippen molar-refractivity contribution < 1.29 is 18.7 Å². The molecule has 2 aromatic carbocycles. The first-order valence-corrected chi connectivity index (χ1v) is 11.9. The van der Waals surface area contributed by atoms with Gasteiger partial charge in [0.25, 0.3) is 0 Å². The smallest absolute Gasteiger partial charge is 0.322 e. The molecule has 0 saturated carbocycles. The van der Waals surface area contributed by atoms with Crippen LogP contribution in [0.1, 0.15) is 39.0 Å². The van der Waals surface area contributed by atoms with Crippen molar-refractivity contribution in [3.8, 4) is 5.75 Å². The van der Waals surface area contributed by atoms with Crippen LogP contribution < -0.4 is 10.1 Å². The van der Waals surface area contributed by atoms with Crippen LogP contribution in [-0.2, 0) is 17.8 Å². The van der Waals surface area contributed by atoms with E-state index in [0.29, 0.717) is 43.3 Å². The van der Waals surface area contributed by atoms with Crippen molar-refractivity contribution in [2.24, 2.45) is 0 Å². The highest BCUT2D eigenvalue weighted by molar-refractivity contribution is 5.94. The Morgan fingerprint density at radius 2 is 1.69 bits per heavy atom. The van der Waals surface area contributed by atoms with Crippen LogP contribution in [0.2, 0.25) is 0 Å². The lowest BCUT2D eigenvalue weighted by Crippen LogP contribution is -2.52. The molecule has 0 radical (unpaired) electrons. The fraction of sp³-hybridized carbons (Fsp3) is 0.357. The molecule has 7 nitrogen and oxygen atoms in total. The summed E-state index contributed by atoms with van der Waals surface area (Å²) in [5, 5.41) is 2.92. The zero-order valence-electron chi connectivity index (χ0n) is 21.0. The molecule has 0 unspecified atom stereocenters. The topological polar surface area (TPSA) is 75.0 Å². The van der Waals surface area contributed by atoms with Crippen molar-refractivity contribution in [2.75, 3.05) is 25.0 Å². The van der Waals surface area contributed by atoms with E-state index >= 15 is 0 Å². The first kappa shape index (κ1) is 25.9. The predicted molar refractivity (Wildman–Crippen MR) is 137 cm³/mol. The third-order valence-corrected chi connectivity index (χ3v) is 5.57. The molecule has 0 spiro atoms. The fourth-order valence-corrected chi connectivity index (χ4v) is 3.67. The van der Waals surface area contributed by atoms with Crippen molar-refractivity contribution >= 4 is 17.6 Å². The van der Waals surface area contributed by atoms with Gasteiger partial charge in [-0.15, -0.1) is 0 Å². The maximum atomic E-state index is 13.5. The number of para-hydroxylation sites is 2. The number of urea groups is 1. The number of anilines is 1. The van der Waals surface area contributed by atoms with Gasteiger partial charge in [-0.25, -0.2) is 4.79 Å². The zero-order chi connectivity index (χ0) is 25.3. The predicted octanol–water partition coefficient (Wildman–Crippen LogP) is 5.58. The average molecular weight is 478 g/mol. The minimum atomic E-state index is -0.587. The number of nitrogens with one attached hydrogen (secondary N) is 1. The van der Waals surface area contributed by atoms with E-state index in [1.54, 1.807) is 34.3 Å². The molecule has 0 aliphatic rings. The molecular weight excluding hydrogens is 442 g/mol. The Hall–Kier alpha value is -3.74. The molecule has 3 amide bonds. The van der Waals surface area contributed by atoms with E-state index < -0.39 is 5.54 Å². The highest BCUT2D eigenvalue weighted by Crippen LogP contribution is 2.25. The molecule has 0 atom stereocenters. The summed E-state index contributed by atoms with van der Waals surface area (Å²) in [6.45, 7) is 8.89. The Morgan fingerprint density at radius 1 is 0.971 bits per heavy atom. The maximum absolute atomic E-state index is 13.5. The lowest BCUT2D eigenvalue weighted by Gasteiger charge is -2.36. The monoisotopic (exact) mass is 477 g/mol. The van der Waals surface area contributed by atoms with Crippen LogP contribution in [0.15, 0.2) is 77.4 Å². The van der Waals surface area contributed by atoms with Crippen molar-refractivity contribution in [1.29, 1.82) is 0 Å². The van der Waals surface area contributed by atoms with Crippen LogP contribution in [-0.4, -0.2) is 47.0 Å². The van der Waals surface area contributed by atoms with Crippen molar-refractivity contribution in [2.45, 2.75) is 46.2 Å². The summed E-state index contributed by atoms with van der Waals surface area (Å²) in [5.41, 5.74) is 1.12. The van der Waals surface area contributed by atoms with Gasteiger partial charge < -0.3 is 24.3 Å². The van der Waals surface area contributed by atoms with Gasteiger partial charge in [0.2, 0.25) is 5.91 Å². The minimum absolute atomic E-state index is 0.0678. The number of nitrogens with zero attached hydrogens (tertiary/aromatic N) is 2. The highest BCUT2D eigenvalue weighted by Gasteiger charge is 2.31. The van der Waals surface area contributed by atoms with Gasteiger partial charge in [0.15, 0.2) is 0 Å². The zero-order valence-corrected chi connectivity index (χ0v) is 21.0. The van der Waals surface area contributed by atoms with E-state index in [0.717, 1.165) is 5.56 Å². The minimum Gasteiger partial charge on any atom is -0.492 e. The number of carbonyl (C=O) groups excluding carboxylic acids is 2. The van der Waals surface area contributed by atoms with E-state index in [-0.39, 0.29) is 18.5 Å². The summed E-state index contributed by atoms with van der Waals surface area (Å²) in [4.78, 5) is 30.1. The molecule has 0 saturated heterocycles. The highest BCUT2D eigenvalue weighted by atomic mass is 16.5. The quantitative estimate of drug-likeness (QED) is 0.414. The summed E-state index contributed by atoms with van der Waals surface area (Å²) in [6.07, 6.45) is 2.30. The van der Waals surface area contributed by atoms with Crippen molar-refractivity contribution in [3.63, 3.8) is 0 Å². The maximum Gasteiger partial charge on any atom is 0.322 e. The lowest BCUT2D eigenvalue weighted by atomic mass is 10.1. The van der Waals surface area contributed by atoms with E-state index in [2.05, 4.69) is 5.32 Å². The third-order valence-electron chi connectivity index (χ3n) is 5.57. The van der Waals surface area contributed by atoms with Crippen LogP contribution in [0, 0.1) is 0 Å². The first-order chi connectivity index (χ1) is 16.8. The van der Waals surface area contributed by atoms with E-state index in [1.165, 1.54) is 0 Å². The molecule has 0 bridgehead atoms. The standard InChI is InChI=1S/C28H35N3O4/c1-5-34-25-16-10-9-15-24(25)29-27(33)31(28(2,3)4)21-26(32)30(20-23-14-11-19-35-23)18-17-22-12-7-6-8-13-22/h6-16,19H,5,17-18,20-21H2,1-4H3,(H,29,33). The molecule has 3 rings (SSSR count). The van der Waals surface area contributed by atoms with Gasteiger partial charge in [-0.2, -0.15) is 0 Å². The second kappa shape index (κ2) is 12.1. The second-order valence-electron chi connectivity index (χ2n) is 9.25. The largest absolute Gasteiger partial charge is 0.492 e. The third kappa shape index (κ3) is 7.64. The number of hydrogen-bond acceptors (Lipinski definition) is 4. The Kier molecular flexibility index (Phi) is 8.95. The molecule has 186 valence electrons. The van der Waals surface area contributed by atoms with Crippen molar-refractivity contribution in [3.05, 3.63) is 84.3 Å². The van der Waals surface area contributed by atoms with Gasteiger partial charge in [0.05, 0.1) is 25.1 Å². The fourth-order valence-electron chi connectivity index (χ4n) is 3.67. The van der Waals surface area contributed by atoms with E-state index in [4.69, 9.17) is 9.15 Å². The van der Waals surface area contributed by atoms with Gasteiger partial charge in [-0.3, -0.25) is 4.79 Å². The molecule has 0 aliphatic heterocycles. The van der Waals surface area contributed by atoms with Crippen LogP contribution in [0.3, 0.4) is 0 Å². The first-order valence-electron chi connectivity index (χ1n) is 11.9.